The van der Waals surface area contributed by atoms with Crippen molar-refractivity contribution in [1.29, 1.82) is 0 Å². The van der Waals surface area contributed by atoms with Crippen molar-refractivity contribution in [3.63, 3.8) is 0 Å². The summed E-state index contributed by atoms with van der Waals surface area (Å²) in [6.45, 7) is 0. The predicted molar refractivity (Wildman–Crippen MR) is 66.5 cm³/mol. The topological polar surface area (TPSA) is 66.8 Å². The summed E-state index contributed by atoms with van der Waals surface area (Å²) in [5.41, 5.74) is 1.68. The molecule has 2 N–H and O–H groups in total. The molecule has 18 heavy (non-hydrogen) atoms. The molecule has 0 radical (unpaired) electrons. The molecule has 2 aromatic rings. The van der Waals surface area contributed by atoms with Gasteiger partial charge in [-0.25, -0.2) is 4.79 Å². The maximum Gasteiger partial charge on any atom is 0.338 e. The second-order valence-corrected chi connectivity index (χ2v) is 3.77. The van der Waals surface area contributed by atoms with Crippen LogP contribution in [0, 0.1) is 0 Å². The van der Waals surface area contributed by atoms with Gasteiger partial charge in [-0.3, -0.25) is 0 Å². The van der Waals surface area contributed by atoms with E-state index in [1.54, 1.807) is 18.2 Å². The van der Waals surface area contributed by atoms with Gasteiger partial charge >= 0.3 is 5.97 Å². The van der Waals surface area contributed by atoms with Crippen LogP contribution in [0.5, 0.6) is 11.5 Å². The van der Waals surface area contributed by atoms with Gasteiger partial charge in [0, 0.05) is 0 Å². The molecule has 0 saturated heterocycles. The first-order valence-corrected chi connectivity index (χ1v) is 5.32. The first kappa shape index (κ1) is 12.0. The Kier molecular flexibility index (Phi) is 3.19. The average molecular weight is 244 g/mol. The van der Waals surface area contributed by atoms with E-state index in [9.17, 15) is 15.0 Å². The van der Waals surface area contributed by atoms with Crippen LogP contribution < -0.4 is 0 Å². The van der Waals surface area contributed by atoms with E-state index in [4.69, 9.17) is 0 Å². The molecule has 2 rings (SSSR count). The fourth-order valence-corrected chi connectivity index (χ4v) is 1.70. The minimum atomic E-state index is -0.519. The second kappa shape index (κ2) is 4.79. The summed E-state index contributed by atoms with van der Waals surface area (Å²) < 4.78 is 4.68. The maximum absolute atomic E-state index is 11.6. The summed E-state index contributed by atoms with van der Waals surface area (Å²) in [6, 6.07) is 10.9. The van der Waals surface area contributed by atoms with Gasteiger partial charge in [0.1, 0.15) is 11.5 Å². The SMILES string of the molecule is COC(=O)c1cc(O)ccc1-c1ccc(O)cc1. The molecule has 92 valence electrons. The largest absolute Gasteiger partial charge is 0.508 e. The smallest absolute Gasteiger partial charge is 0.338 e. The predicted octanol–water partition coefficient (Wildman–Crippen LogP) is 2.55. The van der Waals surface area contributed by atoms with E-state index in [0.717, 1.165) is 5.56 Å². The Bertz CT molecular complexity index is 573. The van der Waals surface area contributed by atoms with Gasteiger partial charge in [0.2, 0.25) is 0 Å². The van der Waals surface area contributed by atoms with Gasteiger partial charge in [-0.1, -0.05) is 12.1 Å². The molecule has 0 aliphatic rings. The highest BCUT2D eigenvalue weighted by molar-refractivity contribution is 5.97. The molecule has 4 nitrogen and oxygen atoms in total. The number of aromatic hydroxyl groups is 2. The fraction of sp³-hybridized carbons (Fsp3) is 0.0714. The van der Waals surface area contributed by atoms with Gasteiger partial charge in [-0.15, -0.1) is 0 Å². The van der Waals surface area contributed by atoms with Crippen molar-refractivity contribution >= 4 is 5.97 Å². The van der Waals surface area contributed by atoms with Crippen LogP contribution in [0.25, 0.3) is 11.1 Å². The Balaban J connectivity index is 2.56. The number of carbonyl (C=O) groups excluding carboxylic acids is 1. The van der Waals surface area contributed by atoms with Crippen molar-refractivity contribution in [3.8, 4) is 22.6 Å². The molecule has 0 saturated carbocycles. The van der Waals surface area contributed by atoms with E-state index < -0.39 is 5.97 Å². The number of methoxy groups -OCH3 is 1. The lowest BCUT2D eigenvalue weighted by molar-refractivity contribution is 0.0601. The number of benzene rings is 2. The average Bonchev–Trinajstić information content (AvgIpc) is 2.39. The summed E-state index contributed by atoms with van der Waals surface area (Å²) in [7, 11) is 1.28. The Morgan fingerprint density at radius 3 is 2.22 bits per heavy atom. The normalized spacial score (nSPS) is 10.1. The van der Waals surface area contributed by atoms with E-state index in [1.165, 1.54) is 31.4 Å². The first-order valence-electron chi connectivity index (χ1n) is 5.32. The lowest BCUT2D eigenvalue weighted by Crippen LogP contribution is -2.03. The number of carbonyl (C=O) groups is 1. The minimum absolute atomic E-state index is 0.00192. The number of ether oxygens (including phenoxy) is 1. The molecule has 4 heteroatoms. The molecule has 0 fully saturated rings. The van der Waals surface area contributed by atoms with Crippen molar-refractivity contribution in [2.24, 2.45) is 0 Å². The van der Waals surface area contributed by atoms with E-state index in [0.29, 0.717) is 5.56 Å². The zero-order valence-corrected chi connectivity index (χ0v) is 9.75. The van der Waals surface area contributed by atoms with Crippen molar-refractivity contribution in [1.82, 2.24) is 0 Å². The van der Waals surface area contributed by atoms with Crippen molar-refractivity contribution in [2.45, 2.75) is 0 Å². The molecule has 0 spiro atoms. The minimum Gasteiger partial charge on any atom is -0.508 e. The van der Waals surface area contributed by atoms with E-state index in [-0.39, 0.29) is 17.1 Å². The van der Waals surface area contributed by atoms with Crippen LogP contribution in [-0.2, 0) is 4.74 Å². The number of hydrogen-bond acceptors (Lipinski definition) is 4. The number of hydrogen-bond donors (Lipinski definition) is 2. The van der Waals surface area contributed by atoms with Crippen LogP contribution in [0.1, 0.15) is 10.4 Å². The van der Waals surface area contributed by atoms with Gasteiger partial charge in [0.05, 0.1) is 12.7 Å². The third-order valence-electron chi connectivity index (χ3n) is 2.59. The molecule has 0 aliphatic heterocycles. The van der Waals surface area contributed by atoms with Crippen LogP contribution in [0.3, 0.4) is 0 Å². The van der Waals surface area contributed by atoms with Crippen molar-refractivity contribution in [3.05, 3.63) is 48.0 Å². The number of esters is 1. The highest BCUT2D eigenvalue weighted by Gasteiger charge is 2.14. The maximum atomic E-state index is 11.6. The quantitative estimate of drug-likeness (QED) is 0.797. The molecule has 0 amide bonds. The third kappa shape index (κ3) is 2.27. The number of rotatable bonds is 2. The van der Waals surface area contributed by atoms with Gasteiger partial charge in [-0.05, 0) is 41.5 Å². The highest BCUT2D eigenvalue weighted by atomic mass is 16.5. The van der Waals surface area contributed by atoms with Gasteiger partial charge < -0.3 is 14.9 Å². The molecule has 0 aliphatic carbocycles. The molecule has 0 atom stereocenters. The zero-order valence-electron chi connectivity index (χ0n) is 9.75. The van der Waals surface area contributed by atoms with E-state index in [2.05, 4.69) is 4.74 Å². The molecule has 2 aromatic carbocycles. The second-order valence-electron chi connectivity index (χ2n) is 3.77. The first-order chi connectivity index (χ1) is 8.61. The number of phenolic OH excluding ortho intramolecular Hbond substituents is 2. The molecule has 0 unspecified atom stereocenters. The molecular formula is C14H12O4. The van der Waals surface area contributed by atoms with E-state index >= 15 is 0 Å². The van der Waals surface area contributed by atoms with Crippen LogP contribution in [0.2, 0.25) is 0 Å². The summed E-state index contributed by atoms with van der Waals surface area (Å²) in [4.78, 5) is 11.6. The van der Waals surface area contributed by atoms with Crippen LogP contribution in [-0.4, -0.2) is 23.3 Å². The van der Waals surface area contributed by atoms with Crippen molar-refractivity contribution < 1.29 is 19.7 Å². The Morgan fingerprint density at radius 1 is 1.00 bits per heavy atom. The Morgan fingerprint density at radius 2 is 1.61 bits per heavy atom. The summed E-state index contributed by atoms with van der Waals surface area (Å²) in [6.07, 6.45) is 0. The lowest BCUT2D eigenvalue weighted by Gasteiger charge is -2.08. The fourth-order valence-electron chi connectivity index (χ4n) is 1.70. The molecular weight excluding hydrogens is 232 g/mol. The molecule has 0 bridgehead atoms. The number of phenols is 2. The third-order valence-corrected chi connectivity index (χ3v) is 2.59. The Hall–Kier alpha value is -2.49. The van der Waals surface area contributed by atoms with Gasteiger partial charge in [-0.2, -0.15) is 0 Å². The Labute approximate surface area is 104 Å². The lowest BCUT2D eigenvalue weighted by atomic mass is 9.99. The zero-order chi connectivity index (χ0) is 13.1. The molecule has 0 heterocycles. The van der Waals surface area contributed by atoms with Gasteiger partial charge in [0.25, 0.3) is 0 Å². The monoisotopic (exact) mass is 244 g/mol. The van der Waals surface area contributed by atoms with Crippen LogP contribution >= 0.6 is 0 Å². The molecule has 0 aromatic heterocycles. The van der Waals surface area contributed by atoms with Crippen molar-refractivity contribution in [2.75, 3.05) is 7.11 Å². The van der Waals surface area contributed by atoms with Crippen LogP contribution in [0.15, 0.2) is 42.5 Å². The summed E-state index contributed by atoms with van der Waals surface area (Å²) >= 11 is 0. The van der Waals surface area contributed by atoms with E-state index in [1.807, 2.05) is 0 Å². The van der Waals surface area contributed by atoms with Crippen LogP contribution in [0.4, 0.5) is 0 Å². The highest BCUT2D eigenvalue weighted by Crippen LogP contribution is 2.28. The summed E-state index contributed by atoms with van der Waals surface area (Å²) in [5.74, 6) is -0.371. The standard InChI is InChI=1S/C14H12O4/c1-18-14(17)13-8-11(16)6-7-12(13)9-2-4-10(15)5-3-9/h2-8,15-16H,1H3. The summed E-state index contributed by atoms with van der Waals surface area (Å²) in [5, 5.41) is 18.7. The van der Waals surface area contributed by atoms with Gasteiger partial charge in [0.15, 0.2) is 0 Å².